The third-order valence-corrected chi connectivity index (χ3v) is 4.34. The lowest BCUT2D eigenvalue weighted by atomic mass is 9.98. The summed E-state index contributed by atoms with van der Waals surface area (Å²) in [5, 5.41) is 8.77. The largest absolute Gasteiger partial charge is 0.493 e. The topological polar surface area (TPSA) is 46.5 Å². The molecule has 0 aromatic heterocycles. The Bertz CT molecular complexity index is 443. The standard InChI is InChI=1S/C16H24O3S/c1-11(2)15-6-5-14(9-12(15)3)19-7-8-20-10-13(4)16(17)18/h5-6,9,11,13H,7-8,10H2,1-4H3,(H,17,18). The van der Waals surface area contributed by atoms with E-state index in [4.69, 9.17) is 9.84 Å². The van der Waals surface area contributed by atoms with Crippen LogP contribution in [0, 0.1) is 12.8 Å². The highest BCUT2D eigenvalue weighted by Gasteiger charge is 2.10. The SMILES string of the molecule is Cc1cc(OCCSCC(C)C(=O)O)ccc1C(C)C. The molecule has 4 heteroatoms. The maximum atomic E-state index is 10.7. The second kappa shape index (κ2) is 8.20. The third kappa shape index (κ3) is 5.45. The number of rotatable bonds is 8. The highest BCUT2D eigenvalue weighted by atomic mass is 32.2. The molecule has 3 nitrogen and oxygen atoms in total. The maximum absolute atomic E-state index is 10.7. The smallest absolute Gasteiger partial charge is 0.307 e. The summed E-state index contributed by atoms with van der Waals surface area (Å²) < 4.78 is 5.70. The Morgan fingerprint density at radius 1 is 1.35 bits per heavy atom. The second-order valence-corrected chi connectivity index (χ2v) is 6.49. The zero-order valence-corrected chi connectivity index (χ0v) is 13.5. The summed E-state index contributed by atoms with van der Waals surface area (Å²) in [4.78, 5) is 10.7. The molecule has 0 aliphatic rings. The van der Waals surface area contributed by atoms with Crippen molar-refractivity contribution in [3.8, 4) is 5.75 Å². The maximum Gasteiger partial charge on any atom is 0.307 e. The molecular weight excluding hydrogens is 272 g/mol. The Balaban J connectivity index is 2.32. The van der Waals surface area contributed by atoms with Gasteiger partial charge in [0, 0.05) is 11.5 Å². The summed E-state index contributed by atoms with van der Waals surface area (Å²) in [6.45, 7) is 8.80. The van der Waals surface area contributed by atoms with E-state index in [1.807, 2.05) is 6.07 Å². The highest BCUT2D eigenvalue weighted by Crippen LogP contribution is 2.23. The summed E-state index contributed by atoms with van der Waals surface area (Å²) in [7, 11) is 0. The van der Waals surface area contributed by atoms with Gasteiger partial charge in [0.2, 0.25) is 0 Å². The molecule has 1 aromatic carbocycles. The van der Waals surface area contributed by atoms with Gasteiger partial charge in [-0.2, -0.15) is 11.8 Å². The number of carboxylic acid groups (broad SMARTS) is 1. The van der Waals surface area contributed by atoms with Gasteiger partial charge in [-0.3, -0.25) is 4.79 Å². The molecule has 1 rings (SSSR count). The number of carboxylic acids is 1. The van der Waals surface area contributed by atoms with Crippen molar-refractivity contribution in [2.75, 3.05) is 18.1 Å². The Kier molecular flexibility index (Phi) is 6.93. The summed E-state index contributed by atoms with van der Waals surface area (Å²) in [6, 6.07) is 6.20. The summed E-state index contributed by atoms with van der Waals surface area (Å²) in [5.41, 5.74) is 2.60. The van der Waals surface area contributed by atoms with Gasteiger partial charge in [-0.15, -0.1) is 0 Å². The van der Waals surface area contributed by atoms with Crippen molar-refractivity contribution in [1.29, 1.82) is 0 Å². The van der Waals surface area contributed by atoms with Crippen LogP contribution in [0.1, 0.15) is 37.8 Å². The van der Waals surface area contributed by atoms with Crippen molar-refractivity contribution in [1.82, 2.24) is 0 Å². The molecular formula is C16H24O3S. The van der Waals surface area contributed by atoms with Gasteiger partial charge in [0.25, 0.3) is 0 Å². The molecule has 0 aliphatic carbocycles. The van der Waals surface area contributed by atoms with Gasteiger partial charge in [0.05, 0.1) is 12.5 Å². The lowest BCUT2D eigenvalue weighted by molar-refractivity contribution is -0.140. The Morgan fingerprint density at radius 2 is 2.05 bits per heavy atom. The van der Waals surface area contributed by atoms with Crippen molar-refractivity contribution in [3.05, 3.63) is 29.3 Å². The van der Waals surface area contributed by atoms with Gasteiger partial charge >= 0.3 is 5.97 Å². The van der Waals surface area contributed by atoms with E-state index in [-0.39, 0.29) is 5.92 Å². The molecule has 1 atom stereocenters. The van der Waals surface area contributed by atoms with E-state index in [0.717, 1.165) is 11.5 Å². The molecule has 0 saturated heterocycles. The van der Waals surface area contributed by atoms with E-state index in [1.54, 1.807) is 18.7 Å². The van der Waals surface area contributed by atoms with E-state index < -0.39 is 5.97 Å². The summed E-state index contributed by atoms with van der Waals surface area (Å²) in [5.74, 6) is 1.81. The lowest BCUT2D eigenvalue weighted by Gasteiger charge is -2.12. The predicted octanol–water partition coefficient (Wildman–Crippen LogP) is 3.95. The van der Waals surface area contributed by atoms with E-state index in [2.05, 4.69) is 32.9 Å². The van der Waals surface area contributed by atoms with E-state index >= 15 is 0 Å². The van der Waals surface area contributed by atoms with Crippen LogP contribution in [0.3, 0.4) is 0 Å². The van der Waals surface area contributed by atoms with Gasteiger partial charge in [-0.05, 0) is 36.1 Å². The minimum atomic E-state index is -0.738. The first kappa shape index (κ1) is 16.9. The van der Waals surface area contributed by atoms with E-state index in [1.165, 1.54) is 11.1 Å². The average Bonchev–Trinajstić information content (AvgIpc) is 2.37. The lowest BCUT2D eigenvalue weighted by Crippen LogP contribution is -2.13. The highest BCUT2D eigenvalue weighted by molar-refractivity contribution is 7.99. The van der Waals surface area contributed by atoms with Crippen molar-refractivity contribution in [2.24, 2.45) is 5.92 Å². The minimum absolute atomic E-state index is 0.299. The van der Waals surface area contributed by atoms with Crippen LogP contribution in [0.2, 0.25) is 0 Å². The molecule has 112 valence electrons. The van der Waals surface area contributed by atoms with Gasteiger partial charge in [0.1, 0.15) is 5.75 Å². The molecule has 1 aromatic rings. The normalized spacial score (nSPS) is 12.4. The molecule has 0 radical (unpaired) electrons. The molecule has 0 spiro atoms. The van der Waals surface area contributed by atoms with E-state index in [9.17, 15) is 4.79 Å². The molecule has 0 fully saturated rings. The van der Waals surface area contributed by atoms with Crippen molar-refractivity contribution in [3.63, 3.8) is 0 Å². The van der Waals surface area contributed by atoms with Gasteiger partial charge in [0.15, 0.2) is 0 Å². The van der Waals surface area contributed by atoms with Crippen molar-refractivity contribution in [2.45, 2.75) is 33.6 Å². The van der Waals surface area contributed by atoms with Crippen LogP contribution in [0.4, 0.5) is 0 Å². The molecule has 0 heterocycles. The fourth-order valence-electron chi connectivity index (χ4n) is 1.94. The summed E-state index contributed by atoms with van der Waals surface area (Å²) >= 11 is 1.62. The second-order valence-electron chi connectivity index (χ2n) is 5.34. The average molecular weight is 296 g/mol. The fraction of sp³-hybridized carbons (Fsp3) is 0.562. The first-order chi connectivity index (χ1) is 9.41. The first-order valence-corrected chi connectivity index (χ1v) is 8.11. The monoisotopic (exact) mass is 296 g/mol. The zero-order valence-electron chi connectivity index (χ0n) is 12.7. The fourth-order valence-corrected chi connectivity index (χ4v) is 2.80. The molecule has 0 saturated carbocycles. The van der Waals surface area contributed by atoms with Gasteiger partial charge in [-0.25, -0.2) is 0 Å². The number of ether oxygens (including phenoxy) is 1. The first-order valence-electron chi connectivity index (χ1n) is 6.95. The van der Waals surface area contributed by atoms with Crippen LogP contribution in [0.15, 0.2) is 18.2 Å². The number of benzene rings is 1. The van der Waals surface area contributed by atoms with Crippen LogP contribution in [0.25, 0.3) is 0 Å². The molecule has 1 unspecified atom stereocenters. The minimum Gasteiger partial charge on any atom is -0.493 e. The zero-order chi connectivity index (χ0) is 15.1. The molecule has 0 bridgehead atoms. The predicted molar refractivity (Wildman–Crippen MR) is 84.9 cm³/mol. The number of aliphatic carboxylic acids is 1. The Hall–Kier alpha value is -1.16. The number of aryl methyl sites for hydroxylation is 1. The van der Waals surface area contributed by atoms with Gasteiger partial charge in [-0.1, -0.05) is 26.8 Å². The van der Waals surface area contributed by atoms with Crippen molar-refractivity contribution >= 4 is 17.7 Å². The Labute approximate surface area is 125 Å². The summed E-state index contributed by atoms with van der Waals surface area (Å²) in [6.07, 6.45) is 0. The van der Waals surface area contributed by atoms with Crippen LogP contribution in [0.5, 0.6) is 5.75 Å². The third-order valence-electron chi connectivity index (χ3n) is 3.15. The molecule has 0 amide bonds. The number of hydrogen-bond donors (Lipinski definition) is 1. The number of thioether (sulfide) groups is 1. The van der Waals surface area contributed by atoms with Crippen LogP contribution in [-0.4, -0.2) is 29.2 Å². The van der Waals surface area contributed by atoms with Crippen LogP contribution < -0.4 is 4.74 Å². The van der Waals surface area contributed by atoms with Crippen LogP contribution in [-0.2, 0) is 4.79 Å². The van der Waals surface area contributed by atoms with E-state index in [0.29, 0.717) is 18.3 Å². The number of carbonyl (C=O) groups is 1. The Morgan fingerprint density at radius 3 is 2.60 bits per heavy atom. The van der Waals surface area contributed by atoms with Crippen LogP contribution >= 0.6 is 11.8 Å². The molecule has 0 aliphatic heterocycles. The van der Waals surface area contributed by atoms with Gasteiger partial charge < -0.3 is 9.84 Å². The molecule has 1 N–H and O–H groups in total. The molecule has 20 heavy (non-hydrogen) atoms. The van der Waals surface area contributed by atoms with Crippen molar-refractivity contribution < 1.29 is 14.6 Å². The quantitative estimate of drug-likeness (QED) is 0.738. The number of hydrogen-bond acceptors (Lipinski definition) is 3.